The molecule has 0 radical (unpaired) electrons. The smallest absolute Gasteiger partial charge is 0.295 e. The summed E-state index contributed by atoms with van der Waals surface area (Å²) in [6.07, 6.45) is 0. The minimum absolute atomic E-state index is 0.103. The van der Waals surface area contributed by atoms with Crippen molar-refractivity contribution in [2.24, 2.45) is 10.2 Å². The van der Waals surface area contributed by atoms with Crippen molar-refractivity contribution in [3.63, 3.8) is 0 Å². The van der Waals surface area contributed by atoms with Crippen molar-refractivity contribution < 1.29 is 9.90 Å². The fraction of sp³-hybridized carbons (Fsp3) is 0.222. The Morgan fingerprint density at radius 3 is 3.00 bits per heavy atom. The quantitative estimate of drug-likeness (QED) is 0.617. The van der Waals surface area contributed by atoms with Gasteiger partial charge in [0.1, 0.15) is 0 Å². The van der Waals surface area contributed by atoms with Crippen LogP contribution in [0.2, 0.25) is 0 Å². The second kappa shape index (κ2) is 3.59. The van der Waals surface area contributed by atoms with Gasteiger partial charge in [-0.05, 0) is 11.6 Å². The first-order chi connectivity index (χ1) is 6.74. The summed E-state index contributed by atoms with van der Waals surface area (Å²) in [5.41, 5.74) is 1.93. The van der Waals surface area contributed by atoms with Crippen molar-refractivity contribution in [2.75, 3.05) is 0 Å². The summed E-state index contributed by atoms with van der Waals surface area (Å²) in [5.74, 6) is -0.356. The molecular weight excluding hydrogens is 248 g/mol. The van der Waals surface area contributed by atoms with Crippen LogP contribution < -0.4 is 0 Å². The van der Waals surface area contributed by atoms with Gasteiger partial charge in [-0.3, -0.25) is 4.79 Å². The van der Waals surface area contributed by atoms with E-state index in [2.05, 4.69) is 26.2 Å². The Morgan fingerprint density at radius 2 is 2.29 bits per heavy atom. The van der Waals surface area contributed by atoms with Crippen LogP contribution in [0.15, 0.2) is 28.4 Å². The fourth-order valence-electron chi connectivity index (χ4n) is 1.43. The molecule has 0 bridgehead atoms. The Balaban J connectivity index is 2.64. The molecule has 1 N–H and O–H groups in total. The molecule has 1 aromatic carbocycles. The molecule has 0 aromatic heterocycles. The molecule has 0 spiro atoms. The van der Waals surface area contributed by atoms with E-state index in [0.29, 0.717) is 11.1 Å². The average molecular weight is 255 g/mol. The maximum atomic E-state index is 11.3. The minimum atomic E-state index is -0.356. The van der Waals surface area contributed by atoms with Crippen LogP contribution >= 0.6 is 15.9 Å². The molecule has 0 aliphatic carbocycles. The SMILES string of the molecule is O=C1N=NC(Br)c2c(CO)cccc21. The van der Waals surface area contributed by atoms with E-state index < -0.39 is 0 Å². The Hall–Kier alpha value is -1.07. The first kappa shape index (κ1) is 9.48. The Kier molecular flexibility index (Phi) is 2.43. The van der Waals surface area contributed by atoms with Crippen molar-refractivity contribution in [2.45, 2.75) is 11.6 Å². The number of carbonyl (C=O) groups is 1. The summed E-state index contributed by atoms with van der Waals surface area (Å²) < 4.78 is 0. The zero-order valence-electron chi connectivity index (χ0n) is 7.14. The second-order valence-corrected chi connectivity index (χ2v) is 3.76. The van der Waals surface area contributed by atoms with E-state index in [1.165, 1.54) is 0 Å². The number of fused-ring (bicyclic) bond motifs is 1. The lowest BCUT2D eigenvalue weighted by molar-refractivity contribution is 0.0987. The third-order valence-electron chi connectivity index (χ3n) is 2.09. The van der Waals surface area contributed by atoms with E-state index in [0.717, 1.165) is 5.56 Å². The lowest BCUT2D eigenvalue weighted by Gasteiger charge is -2.16. The number of aliphatic hydroxyl groups excluding tert-OH is 1. The van der Waals surface area contributed by atoms with Crippen molar-refractivity contribution in [1.82, 2.24) is 0 Å². The second-order valence-electron chi connectivity index (χ2n) is 2.89. The summed E-state index contributed by atoms with van der Waals surface area (Å²) in [7, 11) is 0. The van der Waals surface area contributed by atoms with Gasteiger partial charge in [0, 0.05) is 11.1 Å². The first-order valence-electron chi connectivity index (χ1n) is 4.06. The van der Waals surface area contributed by atoms with Gasteiger partial charge in [0.15, 0.2) is 4.95 Å². The standard InChI is InChI=1S/C9H7BrN2O2/c10-8-7-5(4-13)2-1-3-6(7)9(14)12-11-8/h1-3,8,13H,4H2. The fourth-order valence-corrected chi connectivity index (χ4v) is 2.07. The van der Waals surface area contributed by atoms with Gasteiger partial charge in [-0.25, -0.2) is 0 Å². The number of azo groups is 1. The van der Waals surface area contributed by atoms with Crippen LogP contribution in [0.5, 0.6) is 0 Å². The molecule has 1 aliphatic heterocycles. The summed E-state index contributed by atoms with van der Waals surface area (Å²) in [4.78, 5) is 11.0. The number of nitrogens with zero attached hydrogens (tertiary/aromatic N) is 2. The minimum Gasteiger partial charge on any atom is -0.392 e. The predicted molar refractivity (Wildman–Crippen MR) is 53.2 cm³/mol. The third-order valence-corrected chi connectivity index (χ3v) is 2.73. The van der Waals surface area contributed by atoms with Crippen LogP contribution in [0.3, 0.4) is 0 Å². The lowest BCUT2D eigenvalue weighted by atomic mass is 10.0. The molecule has 5 heteroatoms. The highest BCUT2D eigenvalue weighted by Gasteiger charge is 2.24. The van der Waals surface area contributed by atoms with Gasteiger partial charge < -0.3 is 5.11 Å². The highest BCUT2D eigenvalue weighted by molar-refractivity contribution is 9.09. The molecule has 1 unspecified atom stereocenters. The molecule has 1 atom stereocenters. The van der Waals surface area contributed by atoms with Crippen LogP contribution in [0.25, 0.3) is 0 Å². The molecular formula is C9H7BrN2O2. The Morgan fingerprint density at radius 1 is 1.50 bits per heavy atom. The average Bonchev–Trinajstić information content (AvgIpc) is 2.23. The van der Waals surface area contributed by atoms with E-state index >= 15 is 0 Å². The van der Waals surface area contributed by atoms with Gasteiger partial charge in [0.2, 0.25) is 0 Å². The first-order valence-corrected chi connectivity index (χ1v) is 4.97. The normalized spacial score (nSPS) is 19.6. The molecule has 1 amide bonds. The number of aliphatic hydroxyl groups is 1. The van der Waals surface area contributed by atoms with Crippen LogP contribution in [0.1, 0.15) is 26.4 Å². The van der Waals surface area contributed by atoms with Gasteiger partial charge >= 0.3 is 0 Å². The predicted octanol–water partition coefficient (Wildman–Crippen LogP) is 2.18. The van der Waals surface area contributed by atoms with Crippen LogP contribution in [-0.2, 0) is 6.61 Å². The van der Waals surface area contributed by atoms with E-state index in [1.807, 2.05) is 0 Å². The summed E-state index contributed by atoms with van der Waals surface area (Å²) in [5, 5.41) is 16.3. The summed E-state index contributed by atoms with van der Waals surface area (Å²) in [6.45, 7) is -0.103. The van der Waals surface area contributed by atoms with Crippen molar-refractivity contribution >= 4 is 21.8 Å². The van der Waals surface area contributed by atoms with Crippen LogP contribution in [-0.4, -0.2) is 11.0 Å². The van der Waals surface area contributed by atoms with Crippen molar-refractivity contribution in [3.8, 4) is 0 Å². The molecule has 14 heavy (non-hydrogen) atoms. The topological polar surface area (TPSA) is 62.0 Å². The number of hydrogen-bond acceptors (Lipinski definition) is 3. The number of benzene rings is 1. The lowest BCUT2D eigenvalue weighted by Crippen LogP contribution is -2.09. The number of carbonyl (C=O) groups excluding carboxylic acids is 1. The molecule has 1 aliphatic rings. The van der Waals surface area contributed by atoms with Crippen molar-refractivity contribution in [3.05, 3.63) is 34.9 Å². The molecule has 4 nitrogen and oxygen atoms in total. The summed E-state index contributed by atoms with van der Waals surface area (Å²) in [6, 6.07) is 5.17. The highest BCUT2D eigenvalue weighted by Crippen LogP contribution is 2.34. The molecule has 2 rings (SSSR count). The van der Waals surface area contributed by atoms with Crippen LogP contribution in [0, 0.1) is 0 Å². The van der Waals surface area contributed by atoms with Crippen LogP contribution in [0.4, 0.5) is 0 Å². The largest absolute Gasteiger partial charge is 0.392 e. The monoisotopic (exact) mass is 254 g/mol. The molecule has 1 heterocycles. The third kappa shape index (κ3) is 1.38. The maximum absolute atomic E-state index is 11.3. The summed E-state index contributed by atoms with van der Waals surface area (Å²) >= 11 is 3.28. The molecule has 1 aromatic rings. The van der Waals surface area contributed by atoms with Crippen molar-refractivity contribution in [1.29, 1.82) is 0 Å². The maximum Gasteiger partial charge on any atom is 0.295 e. The van der Waals surface area contributed by atoms with Gasteiger partial charge in [0.25, 0.3) is 5.91 Å². The van der Waals surface area contributed by atoms with Gasteiger partial charge in [-0.15, -0.1) is 5.11 Å². The number of alkyl halides is 1. The number of halogens is 1. The van der Waals surface area contributed by atoms with Gasteiger partial charge in [0.05, 0.1) is 6.61 Å². The molecule has 0 fully saturated rings. The molecule has 0 saturated heterocycles. The Bertz CT molecular complexity index is 417. The van der Waals surface area contributed by atoms with E-state index in [-0.39, 0.29) is 17.5 Å². The number of hydrogen-bond donors (Lipinski definition) is 1. The highest BCUT2D eigenvalue weighted by atomic mass is 79.9. The van der Waals surface area contributed by atoms with Gasteiger partial charge in [-0.1, -0.05) is 28.1 Å². The van der Waals surface area contributed by atoms with E-state index in [1.54, 1.807) is 18.2 Å². The number of rotatable bonds is 1. The van der Waals surface area contributed by atoms with Gasteiger partial charge in [-0.2, -0.15) is 5.11 Å². The Labute approximate surface area is 88.8 Å². The number of amides is 1. The van der Waals surface area contributed by atoms with E-state index in [4.69, 9.17) is 5.11 Å². The van der Waals surface area contributed by atoms with E-state index in [9.17, 15) is 4.79 Å². The zero-order chi connectivity index (χ0) is 10.1. The molecule has 72 valence electrons. The zero-order valence-corrected chi connectivity index (χ0v) is 8.73. The molecule has 0 saturated carbocycles.